The third kappa shape index (κ3) is 4.68. The van der Waals surface area contributed by atoms with Crippen LogP contribution in [0.4, 0.5) is 0 Å². The molecule has 0 aromatic carbocycles. The van der Waals surface area contributed by atoms with E-state index in [4.69, 9.17) is 5.11 Å². The molecule has 1 atom stereocenters. The van der Waals surface area contributed by atoms with Gasteiger partial charge in [-0.1, -0.05) is 12.8 Å². The number of carbonyl (C=O) groups excluding carboxylic acids is 1. The minimum Gasteiger partial charge on any atom is -0.480 e. The van der Waals surface area contributed by atoms with Gasteiger partial charge < -0.3 is 10.0 Å². The number of rotatable bonds is 4. The maximum Gasteiger partial charge on any atom is 0.320 e. The lowest BCUT2D eigenvalue weighted by Crippen LogP contribution is -2.53. The maximum atomic E-state index is 12.3. The lowest BCUT2D eigenvalue weighted by Gasteiger charge is -2.37. The Kier molecular flexibility index (Phi) is 5.99. The van der Waals surface area contributed by atoms with Crippen LogP contribution in [-0.2, 0) is 9.59 Å². The van der Waals surface area contributed by atoms with Crippen molar-refractivity contribution in [1.82, 2.24) is 14.7 Å². The Morgan fingerprint density at radius 2 is 1.52 bits per heavy atom. The fourth-order valence-electron chi connectivity index (χ4n) is 3.08. The molecule has 120 valence electrons. The second-order valence-electron chi connectivity index (χ2n) is 6.12. The van der Waals surface area contributed by atoms with Crippen molar-refractivity contribution in [1.29, 1.82) is 0 Å². The van der Waals surface area contributed by atoms with Gasteiger partial charge in [-0.05, 0) is 19.8 Å². The van der Waals surface area contributed by atoms with Gasteiger partial charge >= 0.3 is 5.97 Å². The van der Waals surface area contributed by atoms with Crippen LogP contribution in [0.3, 0.4) is 0 Å². The van der Waals surface area contributed by atoms with Gasteiger partial charge in [0.1, 0.15) is 6.04 Å². The van der Waals surface area contributed by atoms with Crippen LogP contribution in [0.5, 0.6) is 0 Å². The Hall–Kier alpha value is -1.14. The van der Waals surface area contributed by atoms with E-state index in [1.165, 1.54) is 12.8 Å². The second kappa shape index (κ2) is 7.75. The molecule has 2 fully saturated rings. The van der Waals surface area contributed by atoms with Crippen LogP contribution in [0.15, 0.2) is 0 Å². The summed E-state index contributed by atoms with van der Waals surface area (Å²) in [5, 5.41) is 9.03. The van der Waals surface area contributed by atoms with E-state index in [0.717, 1.165) is 52.1 Å². The van der Waals surface area contributed by atoms with Crippen molar-refractivity contribution < 1.29 is 14.7 Å². The van der Waals surface area contributed by atoms with Crippen molar-refractivity contribution in [2.75, 3.05) is 45.8 Å². The minimum absolute atomic E-state index is 0.233. The number of aliphatic carboxylic acids is 1. The Bertz CT molecular complexity index is 359. The van der Waals surface area contributed by atoms with Crippen molar-refractivity contribution in [3.05, 3.63) is 0 Å². The van der Waals surface area contributed by atoms with Gasteiger partial charge in [-0.15, -0.1) is 0 Å². The summed E-state index contributed by atoms with van der Waals surface area (Å²) in [5.41, 5.74) is 0. The van der Waals surface area contributed by atoms with Crippen molar-refractivity contribution in [2.24, 2.45) is 0 Å². The lowest BCUT2D eigenvalue weighted by atomic mass is 10.2. The van der Waals surface area contributed by atoms with E-state index in [9.17, 15) is 9.59 Å². The van der Waals surface area contributed by atoms with Gasteiger partial charge in [0, 0.05) is 39.3 Å². The highest BCUT2D eigenvalue weighted by molar-refractivity contribution is 5.78. The molecule has 1 N–H and O–H groups in total. The van der Waals surface area contributed by atoms with Gasteiger partial charge in [0.25, 0.3) is 0 Å². The molecular weight excluding hydrogens is 270 g/mol. The fraction of sp³-hybridized carbons (Fsp3) is 0.867. The summed E-state index contributed by atoms with van der Waals surface area (Å²) in [4.78, 5) is 29.4. The predicted molar refractivity (Wildman–Crippen MR) is 80.2 cm³/mol. The predicted octanol–water partition coefficient (Wildman–Crippen LogP) is 0.480. The summed E-state index contributed by atoms with van der Waals surface area (Å²) >= 11 is 0. The number of carboxylic acid groups (broad SMARTS) is 1. The van der Waals surface area contributed by atoms with Gasteiger partial charge in [0.15, 0.2) is 0 Å². The minimum atomic E-state index is -0.774. The van der Waals surface area contributed by atoms with E-state index in [-0.39, 0.29) is 5.91 Å². The average Bonchev–Trinajstić information content (AvgIpc) is 2.76. The van der Waals surface area contributed by atoms with E-state index in [0.29, 0.717) is 6.54 Å². The van der Waals surface area contributed by atoms with Crippen LogP contribution < -0.4 is 0 Å². The van der Waals surface area contributed by atoms with E-state index < -0.39 is 12.0 Å². The number of carbonyl (C=O) groups is 2. The summed E-state index contributed by atoms with van der Waals surface area (Å²) in [6, 6.07) is -0.437. The molecular formula is C15H27N3O3. The normalized spacial score (nSPS) is 23.6. The van der Waals surface area contributed by atoms with Crippen LogP contribution in [0.25, 0.3) is 0 Å². The van der Waals surface area contributed by atoms with Crippen LogP contribution in [0, 0.1) is 0 Å². The highest BCUT2D eigenvalue weighted by Crippen LogP contribution is 2.11. The Morgan fingerprint density at radius 1 is 0.952 bits per heavy atom. The molecule has 2 aliphatic heterocycles. The maximum absolute atomic E-state index is 12.3. The van der Waals surface area contributed by atoms with E-state index in [2.05, 4.69) is 4.90 Å². The van der Waals surface area contributed by atoms with Crippen LogP contribution in [0.2, 0.25) is 0 Å². The van der Waals surface area contributed by atoms with Gasteiger partial charge in [0.05, 0.1) is 6.54 Å². The third-order valence-corrected chi connectivity index (χ3v) is 4.63. The number of amides is 1. The highest BCUT2D eigenvalue weighted by Gasteiger charge is 2.26. The van der Waals surface area contributed by atoms with Crippen LogP contribution in [-0.4, -0.2) is 83.5 Å². The molecule has 0 spiro atoms. The topological polar surface area (TPSA) is 64.1 Å². The van der Waals surface area contributed by atoms with Gasteiger partial charge in [-0.3, -0.25) is 19.4 Å². The molecule has 1 amide bonds. The van der Waals surface area contributed by atoms with Crippen molar-refractivity contribution in [3.63, 3.8) is 0 Å². The average molecular weight is 297 g/mol. The molecule has 1 unspecified atom stereocenters. The summed E-state index contributed by atoms with van der Waals surface area (Å²) in [6.45, 7) is 7.00. The number of carboxylic acids is 1. The quantitative estimate of drug-likeness (QED) is 0.818. The lowest BCUT2D eigenvalue weighted by molar-refractivity contribution is -0.144. The molecule has 0 aromatic rings. The smallest absolute Gasteiger partial charge is 0.320 e. The molecule has 0 saturated carbocycles. The summed E-state index contributed by atoms with van der Waals surface area (Å²) < 4.78 is 0. The van der Waals surface area contributed by atoms with Crippen LogP contribution in [0.1, 0.15) is 32.6 Å². The standard InChI is InChI=1S/C15H27N3O3/c1-13(15(20)21)17-10-8-16(9-11-17)12-14(19)18-6-4-2-3-5-7-18/h13H,2-12H2,1H3,(H,20,21). The molecule has 0 aliphatic carbocycles. The molecule has 2 aliphatic rings. The van der Waals surface area contributed by atoms with Gasteiger partial charge in [-0.25, -0.2) is 0 Å². The first-order valence-corrected chi connectivity index (χ1v) is 8.05. The first-order valence-electron chi connectivity index (χ1n) is 8.05. The zero-order valence-corrected chi connectivity index (χ0v) is 13.0. The number of hydrogen-bond acceptors (Lipinski definition) is 4. The molecule has 0 aromatic heterocycles. The first-order chi connectivity index (χ1) is 10.1. The molecule has 6 nitrogen and oxygen atoms in total. The first kappa shape index (κ1) is 16.2. The van der Waals surface area contributed by atoms with Crippen molar-refractivity contribution in [2.45, 2.75) is 38.6 Å². The Morgan fingerprint density at radius 3 is 2.05 bits per heavy atom. The zero-order chi connectivity index (χ0) is 15.2. The second-order valence-corrected chi connectivity index (χ2v) is 6.12. The molecule has 2 heterocycles. The largest absolute Gasteiger partial charge is 0.480 e. The SMILES string of the molecule is CC(C(=O)O)N1CCN(CC(=O)N2CCCCCC2)CC1. The van der Waals surface area contributed by atoms with E-state index >= 15 is 0 Å². The summed E-state index contributed by atoms with van der Waals surface area (Å²) in [7, 11) is 0. The zero-order valence-electron chi connectivity index (χ0n) is 13.0. The monoisotopic (exact) mass is 297 g/mol. The van der Waals surface area contributed by atoms with Crippen LogP contribution >= 0.6 is 0 Å². The molecule has 2 rings (SSSR count). The number of likely N-dealkylation sites (tertiary alicyclic amines) is 1. The third-order valence-electron chi connectivity index (χ3n) is 4.63. The Labute approximate surface area is 126 Å². The number of nitrogens with zero attached hydrogens (tertiary/aromatic N) is 3. The van der Waals surface area contributed by atoms with Crippen molar-refractivity contribution in [3.8, 4) is 0 Å². The molecule has 21 heavy (non-hydrogen) atoms. The Balaban J connectivity index is 1.75. The molecule has 2 saturated heterocycles. The summed E-state index contributed by atoms with van der Waals surface area (Å²) in [5.74, 6) is -0.541. The number of piperazine rings is 1. The van der Waals surface area contributed by atoms with Gasteiger partial charge in [-0.2, -0.15) is 0 Å². The molecule has 6 heteroatoms. The van der Waals surface area contributed by atoms with Crippen molar-refractivity contribution >= 4 is 11.9 Å². The molecule has 0 radical (unpaired) electrons. The highest BCUT2D eigenvalue weighted by atomic mass is 16.4. The van der Waals surface area contributed by atoms with Gasteiger partial charge in [0.2, 0.25) is 5.91 Å². The molecule has 0 bridgehead atoms. The van der Waals surface area contributed by atoms with E-state index in [1.54, 1.807) is 6.92 Å². The number of hydrogen-bond donors (Lipinski definition) is 1. The summed E-state index contributed by atoms with van der Waals surface area (Å²) in [6.07, 6.45) is 4.70. The fourth-order valence-corrected chi connectivity index (χ4v) is 3.08. The van der Waals surface area contributed by atoms with E-state index in [1.807, 2.05) is 9.80 Å².